The van der Waals surface area contributed by atoms with Gasteiger partial charge in [-0.25, -0.2) is 0 Å². The highest BCUT2D eigenvalue weighted by atomic mass is 19.4. The molecule has 3 rings (SSSR count). The average Bonchev–Trinajstić information content (AvgIpc) is 3.40. The summed E-state index contributed by atoms with van der Waals surface area (Å²) in [6, 6.07) is 5.59. The van der Waals surface area contributed by atoms with Crippen LogP contribution in [0.1, 0.15) is 38.2 Å². The third-order valence-corrected chi connectivity index (χ3v) is 5.03. The smallest absolute Gasteiger partial charge is 0.312 e. The van der Waals surface area contributed by atoms with E-state index in [0.29, 0.717) is 12.2 Å². The zero-order chi connectivity index (χ0) is 17.3. The minimum Gasteiger partial charge on any atom is -0.312 e. The van der Waals surface area contributed by atoms with Gasteiger partial charge in [0.05, 0.1) is 5.56 Å². The van der Waals surface area contributed by atoms with Crippen molar-refractivity contribution in [2.24, 2.45) is 5.92 Å². The number of nitrogens with zero attached hydrogens (tertiary/aromatic N) is 2. The van der Waals surface area contributed by atoms with Crippen LogP contribution in [0.5, 0.6) is 0 Å². The second-order valence-electron chi connectivity index (χ2n) is 6.67. The third kappa shape index (κ3) is 3.74. The first-order chi connectivity index (χ1) is 11.4. The van der Waals surface area contributed by atoms with Gasteiger partial charge in [0.1, 0.15) is 0 Å². The van der Waals surface area contributed by atoms with E-state index in [9.17, 15) is 18.0 Å². The molecule has 0 bridgehead atoms. The molecule has 1 amide bonds. The summed E-state index contributed by atoms with van der Waals surface area (Å²) in [7, 11) is 0. The third-order valence-electron chi connectivity index (χ3n) is 5.03. The van der Waals surface area contributed by atoms with Crippen molar-refractivity contribution >= 4 is 11.6 Å². The van der Waals surface area contributed by atoms with E-state index in [1.54, 1.807) is 4.90 Å². The number of anilines is 1. The Morgan fingerprint density at radius 3 is 2.17 bits per heavy atom. The van der Waals surface area contributed by atoms with Crippen molar-refractivity contribution in [3.05, 3.63) is 29.8 Å². The monoisotopic (exact) mass is 340 g/mol. The number of carbonyl (C=O) groups excluding carboxylic acids is 1. The Balaban J connectivity index is 1.65. The lowest BCUT2D eigenvalue weighted by Crippen LogP contribution is -2.43. The summed E-state index contributed by atoms with van der Waals surface area (Å²) in [5.41, 5.74) is -0.146. The van der Waals surface area contributed by atoms with Crippen LogP contribution in [0.4, 0.5) is 18.9 Å². The van der Waals surface area contributed by atoms with E-state index in [2.05, 4.69) is 4.90 Å². The molecule has 1 saturated carbocycles. The van der Waals surface area contributed by atoms with E-state index in [4.69, 9.17) is 0 Å². The number of alkyl halides is 3. The summed E-state index contributed by atoms with van der Waals surface area (Å²) in [4.78, 5) is 16.9. The number of hydrogen-bond donors (Lipinski definition) is 0. The van der Waals surface area contributed by atoms with Gasteiger partial charge in [0.2, 0.25) is 5.91 Å². The Morgan fingerprint density at radius 1 is 1.12 bits per heavy atom. The molecule has 0 N–H and O–H groups in total. The number of benzene rings is 1. The van der Waals surface area contributed by atoms with Gasteiger partial charge < -0.3 is 9.80 Å². The van der Waals surface area contributed by atoms with Crippen LogP contribution in [0.15, 0.2) is 24.3 Å². The Labute approximate surface area is 140 Å². The maximum absolute atomic E-state index is 12.8. The van der Waals surface area contributed by atoms with Crippen molar-refractivity contribution in [2.45, 2.75) is 44.8 Å². The number of likely N-dealkylation sites (tertiary alicyclic amines) is 1. The second kappa shape index (κ2) is 6.75. The van der Waals surface area contributed by atoms with Crippen molar-refractivity contribution in [2.75, 3.05) is 24.5 Å². The van der Waals surface area contributed by atoms with Crippen LogP contribution in [0.2, 0.25) is 0 Å². The van der Waals surface area contributed by atoms with E-state index in [-0.39, 0.29) is 11.8 Å². The predicted molar refractivity (Wildman–Crippen MR) is 86.8 cm³/mol. The van der Waals surface area contributed by atoms with Crippen molar-refractivity contribution in [3.63, 3.8) is 0 Å². The minimum atomic E-state index is -4.35. The summed E-state index contributed by atoms with van der Waals surface area (Å²) in [6.07, 6.45) is -0.134. The lowest BCUT2D eigenvalue weighted by Gasteiger charge is -2.34. The molecule has 2 fully saturated rings. The number of amides is 1. The van der Waals surface area contributed by atoms with E-state index < -0.39 is 11.7 Å². The van der Waals surface area contributed by atoms with Crippen molar-refractivity contribution in [1.82, 2.24) is 4.90 Å². The molecular weight excluding hydrogens is 317 g/mol. The fraction of sp³-hybridized carbons (Fsp3) is 0.611. The fourth-order valence-corrected chi connectivity index (χ4v) is 3.47. The van der Waals surface area contributed by atoms with Gasteiger partial charge >= 0.3 is 6.18 Å². The highest BCUT2D eigenvalue weighted by Gasteiger charge is 2.35. The Kier molecular flexibility index (Phi) is 4.85. The molecule has 24 heavy (non-hydrogen) atoms. The fourth-order valence-electron chi connectivity index (χ4n) is 3.47. The average molecular weight is 340 g/mol. The Morgan fingerprint density at radius 2 is 1.71 bits per heavy atom. The molecule has 3 nitrogen and oxygen atoms in total. The van der Waals surface area contributed by atoms with Gasteiger partial charge in [0.15, 0.2) is 0 Å². The predicted octanol–water partition coefficient (Wildman–Crippen LogP) is 3.93. The topological polar surface area (TPSA) is 23.6 Å². The zero-order valence-electron chi connectivity index (χ0n) is 13.9. The Hall–Kier alpha value is -1.56. The number of rotatable bonds is 4. The van der Waals surface area contributed by atoms with Gasteiger partial charge in [-0.2, -0.15) is 13.2 Å². The van der Waals surface area contributed by atoms with Crippen LogP contribution in [-0.2, 0) is 11.0 Å². The molecule has 1 aromatic carbocycles. The number of halogens is 3. The standard InChI is InChI=1S/C18H23F3N2O/c1-2-23(16-5-3-14(4-6-16)18(19,20)21)17(24)13-9-11-22(12-10-13)15-7-8-15/h3-6,13,15H,2,7-12H2,1H3. The van der Waals surface area contributed by atoms with E-state index in [1.165, 1.54) is 25.0 Å². The molecule has 132 valence electrons. The van der Waals surface area contributed by atoms with Crippen LogP contribution >= 0.6 is 0 Å². The number of carbonyl (C=O) groups is 1. The second-order valence-corrected chi connectivity index (χ2v) is 6.67. The summed E-state index contributed by atoms with van der Waals surface area (Å²) in [6.45, 7) is 4.22. The molecule has 0 atom stereocenters. The van der Waals surface area contributed by atoms with Crippen LogP contribution < -0.4 is 4.90 Å². The number of hydrogen-bond acceptors (Lipinski definition) is 2. The normalized spacial score (nSPS) is 20.2. The van der Waals surface area contributed by atoms with Crippen molar-refractivity contribution in [1.29, 1.82) is 0 Å². The highest BCUT2D eigenvalue weighted by Crippen LogP contribution is 2.33. The Bertz CT molecular complexity index is 573. The molecule has 1 aliphatic heterocycles. The summed E-state index contributed by atoms with van der Waals surface area (Å²) in [5, 5.41) is 0. The maximum Gasteiger partial charge on any atom is 0.416 e. The molecule has 1 aliphatic carbocycles. The molecule has 1 heterocycles. The lowest BCUT2D eigenvalue weighted by molar-refractivity contribution is -0.137. The molecule has 6 heteroatoms. The molecule has 2 aliphatic rings. The SMILES string of the molecule is CCN(C(=O)C1CCN(C2CC2)CC1)c1ccc(C(F)(F)F)cc1. The largest absolute Gasteiger partial charge is 0.416 e. The molecule has 1 saturated heterocycles. The van der Waals surface area contributed by atoms with E-state index in [1.807, 2.05) is 6.92 Å². The molecule has 0 spiro atoms. The minimum absolute atomic E-state index is 0.0257. The van der Waals surface area contributed by atoms with Gasteiger partial charge in [-0.05, 0) is 70.0 Å². The molecule has 1 aromatic rings. The lowest BCUT2D eigenvalue weighted by atomic mass is 9.94. The van der Waals surface area contributed by atoms with Gasteiger partial charge in [-0.15, -0.1) is 0 Å². The van der Waals surface area contributed by atoms with Gasteiger partial charge in [0.25, 0.3) is 0 Å². The van der Waals surface area contributed by atoms with E-state index >= 15 is 0 Å². The van der Waals surface area contributed by atoms with E-state index in [0.717, 1.165) is 44.1 Å². The first-order valence-electron chi connectivity index (χ1n) is 8.63. The molecule has 0 radical (unpaired) electrons. The van der Waals surface area contributed by atoms with Gasteiger partial charge in [-0.1, -0.05) is 0 Å². The van der Waals surface area contributed by atoms with Crippen molar-refractivity contribution < 1.29 is 18.0 Å². The molecule has 0 unspecified atom stereocenters. The van der Waals surface area contributed by atoms with Crippen LogP contribution in [0.25, 0.3) is 0 Å². The molecule has 0 aromatic heterocycles. The first kappa shape index (κ1) is 17.3. The maximum atomic E-state index is 12.8. The van der Waals surface area contributed by atoms with Crippen LogP contribution in [0.3, 0.4) is 0 Å². The van der Waals surface area contributed by atoms with Crippen LogP contribution in [0, 0.1) is 5.92 Å². The molecular formula is C18H23F3N2O. The summed E-state index contributed by atoms with van der Waals surface area (Å²) < 4.78 is 38.0. The van der Waals surface area contributed by atoms with Gasteiger partial charge in [-0.3, -0.25) is 4.79 Å². The zero-order valence-corrected chi connectivity index (χ0v) is 13.9. The van der Waals surface area contributed by atoms with Gasteiger partial charge in [0, 0.05) is 24.2 Å². The first-order valence-corrected chi connectivity index (χ1v) is 8.63. The summed E-state index contributed by atoms with van der Waals surface area (Å²) >= 11 is 0. The highest BCUT2D eigenvalue weighted by molar-refractivity contribution is 5.95. The van der Waals surface area contributed by atoms with Crippen molar-refractivity contribution in [3.8, 4) is 0 Å². The number of piperidine rings is 1. The summed E-state index contributed by atoms with van der Waals surface area (Å²) in [5.74, 6) is 0.00921. The van der Waals surface area contributed by atoms with Crippen LogP contribution in [-0.4, -0.2) is 36.5 Å². The quantitative estimate of drug-likeness (QED) is 0.829.